The molecule has 1 saturated heterocycles. The number of β-amino-alcohol motifs (C(OH)–C–C–N with tert-alkyl or cyclic N) is 1. The summed E-state index contributed by atoms with van der Waals surface area (Å²) < 4.78 is 7.15. The topological polar surface area (TPSA) is 32.7 Å². The van der Waals surface area contributed by atoms with Gasteiger partial charge in [-0.2, -0.15) is 0 Å². The lowest BCUT2D eigenvalue weighted by Gasteiger charge is -2.31. The number of hydrogen-bond acceptors (Lipinski definition) is 3. The van der Waals surface area contributed by atoms with E-state index >= 15 is 0 Å². The minimum atomic E-state index is -0.310. The van der Waals surface area contributed by atoms with Crippen molar-refractivity contribution in [1.29, 1.82) is 0 Å². The second-order valence-electron chi connectivity index (χ2n) is 2.50. The van der Waals surface area contributed by atoms with Gasteiger partial charge in [-0.05, 0) is 6.42 Å². The Bertz CT molecular complexity index is 112. The van der Waals surface area contributed by atoms with Crippen LogP contribution in [0, 0.1) is 0 Å². The van der Waals surface area contributed by atoms with Gasteiger partial charge in [-0.1, -0.05) is 0 Å². The van der Waals surface area contributed by atoms with Gasteiger partial charge in [0.1, 0.15) is 0 Å². The Hall–Kier alpha value is 0.610. The highest BCUT2D eigenvalue weighted by Crippen LogP contribution is 2.16. The van der Waals surface area contributed by atoms with Crippen LogP contribution in [0.4, 0.5) is 0 Å². The molecule has 0 radical (unpaired) electrons. The van der Waals surface area contributed by atoms with E-state index in [9.17, 15) is 5.11 Å². The van der Waals surface area contributed by atoms with Gasteiger partial charge in [-0.3, -0.25) is 0 Å². The van der Waals surface area contributed by atoms with E-state index in [0.717, 1.165) is 19.5 Å². The highest BCUT2D eigenvalue weighted by Gasteiger charge is 2.25. The molecule has 0 spiro atoms. The maximum atomic E-state index is 9.37. The molecule has 1 aliphatic rings. The van der Waals surface area contributed by atoms with Crippen molar-refractivity contribution in [2.45, 2.75) is 18.6 Å². The number of ether oxygens (including phenoxy) is 1. The quantitative estimate of drug-likeness (QED) is 0.545. The lowest BCUT2D eigenvalue weighted by Crippen LogP contribution is -2.43. The largest absolute Gasteiger partial charge is 0.389 e. The summed E-state index contributed by atoms with van der Waals surface area (Å²) in [5.74, 6) is 0. The van der Waals surface area contributed by atoms with E-state index in [2.05, 4.69) is 26.0 Å². The third-order valence-electron chi connectivity index (χ3n) is 1.77. The van der Waals surface area contributed by atoms with E-state index in [-0.39, 0.29) is 12.2 Å². The highest BCUT2D eigenvalue weighted by atomic mass is 127. The molecule has 2 unspecified atom stereocenters. The molecule has 0 aromatic carbocycles. The Kier molecular flexibility index (Phi) is 3.35. The standard InChI is InChI=1S/C6H12INO2/c1-10-6-2-3-8(7)4-5(6)9/h5-6,9H,2-4H2,1H3. The molecule has 0 bridgehead atoms. The van der Waals surface area contributed by atoms with Crippen LogP contribution >= 0.6 is 22.9 Å². The maximum Gasteiger partial charge on any atom is 0.0936 e. The molecule has 1 N–H and O–H groups in total. The number of piperidine rings is 1. The van der Waals surface area contributed by atoms with Crippen LogP contribution in [0.3, 0.4) is 0 Å². The van der Waals surface area contributed by atoms with E-state index in [1.165, 1.54) is 0 Å². The van der Waals surface area contributed by atoms with E-state index in [4.69, 9.17) is 4.74 Å². The predicted octanol–water partition coefficient (Wildman–Crippen LogP) is 0.418. The Morgan fingerprint density at radius 3 is 2.90 bits per heavy atom. The summed E-state index contributed by atoms with van der Waals surface area (Å²) in [4.78, 5) is 0. The first-order valence-electron chi connectivity index (χ1n) is 3.35. The summed E-state index contributed by atoms with van der Waals surface area (Å²) in [6.45, 7) is 1.73. The van der Waals surface area contributed by atoms with Crippen molar-refractivity contribution < 1.29 is 9.84 Å². The van der Waals surface area contributed by atoms with Crippen molar-refractivity contribution >= 4 is 22.9 Å². The fourth-order valence-corrected chi connectivity index (χ4v) is 1.83. The molecule has 0 aromatic rings. The zero-order valence-corrected chi connectivity index (χ0v) is 8.11. The first-order valence-corrected chi connectivity index (χ1v) is 4.32. The minimum absolute atomic E-state index is 0.0472. The third-order valence-corrected chi connectivity index (χ3v) is 2.65. The summed E-state index contributed by atoms with van der Waals surface area (Å²) in [7, 11) is 1.65. The molecule has 0 amide bonds. The number of hydrogen-bond donors (Lipinski definition) is 1. The van der Waals surface area contributed by atoms with Crippen molar-refractivity contribution in [3.05, 3.63) is 0 Å². The molecule has 0 saturated carbocycles. The van der Waals surface area contributed by atoms with Crippen LogP contribution < -0.4 is 0 Å². The van der Waals surface area contributed by atoms with Gasteiger partial charge in [-0.25, -0.2) is 3.11 Å². The lowest BCUT2D eigenvalue weighted by molar-refractivity contribution is -0.0398. The van der Waals surface area contributed by atoms with E-state index < -0.39 is 0 Å². The van der Waals surface area contributed by atoms with E-state index in [0.29, 0.717) is 0 Å². The summed E-state index contributed by atoms with van der Waals surface area (Å²) in [6.07, 6.45) is 0.669. The number of halogens is 1. The predicted molar refractivity (Wildman–Crippen MR) is 47.0 cm³/mol. The first-order chi connectivity index (χ1) is 4.74. The van der Waals surface area contributed by atoms with Crippen LogP contribution in [0.2, 0.25) is 0 Å². The number of methoxy groups -OCH3 is 1. The molecule has 1 fully saturated rings. The molecule has 4 heteroatoms. The Labute approximate surface area is 74.8 Å². The molecule has 10 heavy (non-hydrogen) atoms. The number of rotatable bonds is 1. The third kappa shape index (κ3) is 2.05. The summed E-state index contributed by atoms with van der Waals surface area (Å²) in [5, 5.41) is 9.37. The van der Waals surface area contributed by atoms with Gasteiger partial charge in [0, 0.05) is 43.1 Å². The van der Waals surface area contributed by atoms with Crippen LogP contribution in [0.15, 0.2) is 0 Å². The molecule has 60 valence electrons. The normalized spacial score (nSPS) is 36.3. The number of aliphatic hydroxyl groups is 1. The zero-order valence-electron chi connectivity index (χ0n) is 5.96. The summed E-state index contributed by atoms with van der Waals surface area (Å²) in [5.41, 5.74) is 0. The Morgan fingerprint density at radius 1 is 1.70 bits per heavy atom. The highest BCUT2D eigenvalue weighted by molar-refractivity contribution is 14.1. The summed E-state index contributed by atoms with van der Waals surface area (Å²) >= 11 is 2.22. The number of nitrogens with zero attached hydrogens (tertiary/aromatic N) is 1. The second-order valence-corrected chi connectivity index (χ2v) is 3.86. The maximum absolute atomic E-state index is 9.37. The Morgan fingerprint density at radius 2 is 2.40 bits per heavy atom. The molecular weight excluding hydrogens is 245 g/mol. The van der Waals surface area contributed by atoms with Crippen molar-refractivity contribution in [2.24, 2.45) is 0 Å². The fourth-order valence-electron chi connectivity index (χ4n) is 1.15. The van der Waals surface area contributed by atoms with Crippen LogP contribution in [0.5, 0.6) is 0 Å². The molecular formula is C6H12INO2. The van der Waals surface area contributed by atoms with Crippen LogP contribution in [-0.4, -0.2) is 40.6 Å². The van der Waals surface area contributed by atoms with Crippen molar-refractivity contribution in [3.8, 4) is 0 Å². The summed E-state index contributed by atoms with van der Waals surface area (Å²) in [6, 6.07) is 0. The van der Waals surface area contributed by atoms with Gasteiger partial charge >= 0.3 is 0 Å². The minimum Gasteiger partial charge on any atom is -0.389 e. The van der Waals surface area contributed by atoms with Crippen molar-refractivity contribution in [3.63, 3.8) is 0 Å². The van der Waals surface area contributed by atoms with Gasteiger partial charge in [-0.15, -0.1) is 0 Å². The van der Waals surface area contributed by atoms with Crippen LogP contribution in [0.1, 0.15) is 6.42 Å². The molecule has 0 aliphatic carbocycles. The average molecular weight is 257 g/mol. The van der Waals surface area contributed by atoms with Gasteiger partial charge in [0.25, 0.3) is 0 Å². The van der Waals surface area contributed by atoms with Crippen molar-refractivity contribution in [1.82, 2.24) is 3.11 Å². The smallest absolute Gasteiger partial charge is 0.0936 e. The first kappa shape index (κ1) is 8.70. The molecule has 0 aromatic heterocycles. The van der Waals surface area contributed by atoms with Gasteiger partial charge in [0.05, 0.1) is 12.2 Å². The van der Waals surface area contributed by atoms with Crippen LogP contribution in [0.25, 0.3) is 0 Å². The molecule has 3 nitrogen and oxygen atoms in total. The van der Waals surface area contributed by atoms with Gasteiger partial charge in [0.2, 0.25) is 0 Å². The van der Waals surface area contributed by atoms with E-state index in [1.807, 2.05) is 0 Å². The molecule has 1 heterocycles. The van der Waals surface area contributed by atoms with Gasteiger partial charge < -0.3 is 9.84 Å². The zero-order chi connectivity index (χ0) is 7.56. The van der Waals surface area contributed by atoms with Gasteiger partial charge in [0.15, 0.2) is 0 Å². The van der Waals surface area contributed by atoms with Crippen LogP contribution in [-0.2, 0) is 4.74 Å². The molecule has 2 atom stereocenters. The fraction of sp³-hybridized carbons (Fsp3) is 1.00. The monoisotopic (exact) mass is 257 g/mol. The Balaban J connectivity index is 2.36. The van der Waals surface area contributed by atoms with E-state index in [1.54, 1.807) is 7.11 Å². The molecule has 1 rings (SSSR count). The lowest BCUT2D eigenvalue weighted by atomic mass is 10.1. The number of aliphatic hydroxyl groups excluding tert-OH is 1. The van der Waals surface area contributed by atoms with Crippen molar-refractivity contribution in [2.75, 3.05) is 20.2 Å². The second kappa shape index (κ2) is 3.85. The molecule has 1 aliphatic heterocycles. The SMILES string of the molecule is COC1CCN(I)CC1O. The average Bonchev–Trinajstić information content (AvgIpc) is 1.88.